The van der Waals surface area contributed by atoms with Gasteiger partial charge in [-0.3, -0.25) is 9.59 Å². The molecule has 0 aliphatic carbocycles. The summed E-state index contributed by atoms with van der Waals surface area (Å²) in [5.41, 5.74) is -5.47. The highest BCUT2D eigenvalue weighted by atomic mass is 35.5. The lowest BCUT2D eigenvalue weighted by atomic mass is 9.85. The number of rotatable bonds is 7. The molecule has 1 unspecified atom stereocenters. The Labute approximate surface area is 219 Å². The van der Waals surface area contributed by atoms with E-state index in [9.17, 15) is 49.1 Å². The van der Waals surface area contributed by atoms with Gasteiger partial charge in [0, 0.05) is 17.5 Å². The summed E-state index contributed by atoms with van der Waals surface area (Å²) >= 11 is 5.55. The van der Waals surface area contributed by atoms with Crippen molar-refractivity contribution in [2.45, 2.75) is 37.7 Å². The molecule has 0 bridgehead atoms. The Morgan fingerprint density at radius 3 is 2.33 bits per heavy atom. The van der Waals surface area contributed by atoms with E-state index in [-0.39, 0.29) is 34.5 Å². The summed E-state index contributed by atoms with van der Waals surface area (Å²) in [4.78, 5) is 28.7. The fourth-order valence-electron chi connectivity index (χ4n) is 3.66. The van der Waals surface area contributed by atoms with E-state index < -0.39 is 77.7 Å². The van der Waals surface area contributed by atoms with Crippen LogP contribution in [0.2, 0.25) is 5.02 Å². The zero-order chi connectivity index (χ0) is 29.3. The van der Waals surface area contributed by atoms with Gasteiger partial charge in [-0.15, -0.1) is 0 Å². The van der Waals surface area contributed by atoms with Gasteiger partial charge in [-0.1, -0.05) is 22.8 Å². The van der Waals surface area contributed by atoms with Gasteiger partial charge in [0.05, 0.1) is 22.8 Å². The van der Waals surface area contributed by atoms with E-state index >= 15 is 0 Å². The molecule has 1 aliphatic heterocycles. The van der Waals surface area contributed by atoms with Crippen LogP contribution < -0.4 is 10.6 Å². The molecule has 2 aromatic rings. The van der Waals surface area contributed by atoms with Gasteiger partial charge >= 0.3 is 12.4 Å². The summed E-state index contributed by atoms with van der Waals surface area (Å²) in [5.74, 6) is -3.48. The Morgan fingerprint density at radius 1 is 1.10 bits per heavy atom. The number of halogens is 10. The van der Waals surface area contributed by atoms with Gasteiger partial charge in [0.25, 0.3) is 12.3 Å². The third-order valence-corrected chi connectivity index (χ3v) is 5.89. The third-order valence-electron chi connectivity index (χ3n) is 5.61. The predicted octanol–water partition coefficient (Wildman–Crippen LogP) is 5.50. The Hall–Kier alpha value is -3.49. The Balaban J connectivity index is 1.80. The van der Waals surface area contributed by atoms with Crippen LogP contribution in [0.4, 0.5) is 39.5 Å². The van der Waals surface area contributed by atoms with Crippen molar-refractivity contribution in [3.05, 3.63) is 69.0 Å². The molecule has 1 atom stereocenters. The van der Waals surface area contributed by atoms with Gasteiger partial charge in [-0.25, -0.2) is 13.2 Å². The lowest BCUT2D eigenvalue weighted by molar-refractivity contribution is -0.140. The maximum absolute atomic E-state index is 14.7. The first-order chi connectivity index (χ1) is 17.9. The monoisotopic (exact) mass is 589 g/mol. The second-order valence-corrected chi connectivity index (χ2v) is 8.83. The summed E-state index contributed by atoms with van der Waals surface area (Å²) < 4.78 is 119. The maximum atomic E-state index is 14.7. The standard InChI is InChI=1S/C23H17ClF9N3O3/c1-10-4-11(2-3-13(10)19(38)34-8-17(37)35-9-22(28,29)30)16-7-21(20(26)27,39-36-16)14-5-12(23(31,32)33)6-15(24)18(14)25/h2-6,20H,7-9H2,1H3,(H,34,38)(H,35,37). The average Bonchev–Trinajstić information content (AvgIpc) is 3.28. The number of benzene rings is 2. The van der Waals surface area contributed by atoms with Crippen molar-refractivity contribution >= 4 is 29.1 Å². The average molecular weight is 590 g/mol. The van der Waals surface area contributed by atoms with E-state index in [0.717, 1.165) is 0 Å². The SMILES string of the molecule is Cc1cc(C2=NOC(c3cc(C(F)(F)F)cc(Cl)c3F)(C(F)F)C2)ccc1C(=O)NCC(=O)NCC(F)(F)F. The number of nitrogens with one attached hydrogen (secondary N) is 2. The zero-order valence-corrected chi connectivity index (χ0v) is 20.3. The van der Waals surface area contributed by atoms with Crippen LogP contribution in [-0.2, 0) is 21.4 Å². The first-order valence-corrected chi connectivity index (χ1v) is 11.1. The molecule has 1 aliphatic rings. The molecule has 1 heterocycles. The van der Waals surface area contributed by atoms with E-state index in [2.05, 4.69) is 10.5 Å². The van der Waals surface area contributed by atoms with Crippen molar-refractivity contribution in [3.63, 3.8) is 0 Å². The molecule has 2 N–H and O–H groups in total. The number of nitrogens with zero attached hydrogens (tertiary/aromatic N) is 1. The molecule has 16 heteroatoms. The number of carbonyl (C=O) groups excluding carboxylic acids is 2. The van der Waals surface area contributed by atoms with Gasteiger partial charge in [0.15, 0.2) is 0 Å². The molecule has 0 aromatic heterocycles. The second-order valence-electron chi connectivity index (χ2n) is 8.42. The summed E-state index contributed by atoms with van der Waals surface area (Å²) in [6.07, 6.45) is -14.1. The molecular formula is C23H17ClF9N3O3. The van der Waals surface area contributed by atoms with E-state index in [1.165, 1.54) is 25.1 Å². The smallest absolute Gasteiger partial charge is 0.377 e. The minimum absolute atomic E-state index is 0.0299. The Kier molecular flexibility index (Phi) is 8.43. The normalized spacial score (nSPS) is 17.6. The lowest BCUT2D eigenvalue weighted by Gasteiger charge is -2.27. The summed E-state index contributed by atoms with van der Waals surface area (Å²) in [7, 11) is 0. The lowest BCUT2D eigenvalue weighted by Crippen LogP contribution is -2.41. The fourth-order valence-corrected chi connectivity index (χ4v) is 3.88. The number of hydrogen-bond donors (Lipinski definition) is 2. The molecule has 2 aromatic carbocycles. The summed E-state index contributed by atoms with van der Waals surface area (Å²) in [5, 5.41) is 6.19. The minimum atomic E-state index is -5.02. The van der Waals surface area contributed by atoms with Crippen molar-refractivity contribution in [1.29, 1.82) is 0 Å². The topological polar surface area (TPSA) is 79.8 Å². The molecule has 212 valence electrons. The van der Waals surface area contributed by atoms with Crippen molar-refractivity contribution < 1.29 is 53.9 Å². The van der Waals surface area contributed by atoms with E-state index in [0.29, 0.717) is 0 Å². The van der Waals surface area contributed by atoms with Crippen LogP contribution in [0.3, 0.4) is 0 Å². The molecule has 3 rings (SSSR count). The van der Waals surface area contributed by atoms with Crippen molar-refractivity contribution in [2.75, 3.05) is 13.1 Å². The molecule has 0 saturated heterocycles. The Morgan fingerprint density at radius 2 is 1.77 bits per heavy atom. The number of carbonyl (C=O) groups is 2. The number of alkyl halides is 8. The number of hydrogen-bond acceptors (Lipinski definition) is 4. The van der Waals surface area contributed by atoms with Gasteiger partial charge < -0.3 is 15.5 Å². The van der Waals surface area contributed by atoms with Crippen LogP contribution in [0.25, 0.3) is 0 Å². The van der Waals surface area contributed by atoms with E-state index in [4.69, 9.17) is 16.4 Å². The molecule has 0 fully saturated rings. The van der Waals surface area contributed by atoms with Crippen molar-refractivity contribution in [1.82, 2.24) is 10.6 Å². The molecular weight excluding hydrogens is 573 g/mol. The molecule has 39 heavy (non-hydrogen) atoms. The predicted molar refractivity (Wildman–Crippen MR) is 119 cm³/mol. The van der Waals surface area contributed by atoms with Crippen molar-refractivity contribution in [2.24, 2.45) is 5.16 Å². The largest absolute Gasteiger partial charge is 0.416 e. The van der Waals surface area contributed by atoms with E-state index in [1.807, 2.05) is 0 Å². The number of oxime groups is 1. The quantitative estimate of drug-likeness (QED) is 0.419. The third kappa shape index (κ3) is 6.75. The van der Waals surface area contributed by atoms with Crippen LogP contribution in [0.15, 0.2) is 35.5 Å². The minimum Gasteiger partial charge on any atom is -0.377 e. The van der Waals surface area contributed by atoms with Gasteiger partial charge in [-0.2, -0.15) is 26.3 Å². The second kappa shape index (κ2) is 10.9. The number of aryl methyl sites for hydroxylation is 1. The van der Waals surface area contributed by atoms with E-state index in [1.54, 1.807) is 5.32 Å². The zero-order valence-electron chi connectivity index (χ0n) is 19.5. The molecule has 6 nitrogen and oxygen atoms in total. The molecule has 0 radical (unpaired) electrons. The summed E-state index contributed by atoms with van der Waals surface area (Å²) in [6, 6.07) is 4.14. The number of amides is 2. The highest BCUT2D eigenvalue weighted by Crippen LogP contribution is 2.46. The highest BCUT2D eigenvalue weighted by Gasteiger charge is 2.52. The van der Waals surface area contributed by atoms with Gasteiger partial charge in [0.1, 0.15) is 12.4 Å². The van der Waals surface area contributed by atoms with Crippen LogP contribution in [0, 0.1) is 12.7 Å². The summed E-state index contributed by atoms with van der Waals surface area (Å²) in [6.45, 7) is -0.944. The first kappa shape index (κ1) is 30.1. The van der Waals surface area contributed by atoms with Crippen LogP contribution in [0.1, 0.15) is 39.0 Å². The molecule has 0 saturated carbocycles. The first-order valence-electron chi connectivity index (χ1n) is 10.8. The van der Waals surface area contributed by atoms with Crippen LogP contribution >= 0.6 is 11.6 Å². The molecule has 0 spiro atoms. The van der Waals surface area contributed by atoms with Crippen LogP contribution in [0.5, 0.6) is 0 Å². The van der Waals surface area contributed by atoms with Crippen molar-refractivity contribution in [3.8, 4) is 0 Å². The fraction of sp³-hybridized carbons (Fsp3) is 0.348. The maximum Gasteiger partial charge on any atom is 0.416 e. The van der Waals surface area contributed by atoms with Crippen LogP contribution in [-0.4, -0.2) is 43.2 Å². The highest BCUT2D eigenvalue weighted by molar-refractivity contribution is 6.30. The molecule has 2 amide bonds. The Bertz CT molecular complexity index is 1310. The van der Waals surface area contributed by atoms with Gasteiger partial charge in [-0.05, 0) is 42.3 Å². The van der Waals surface area contributed by atoms with Gasteiger partial charge in [0.2, 0.25) is 11.5 Å².